The number of aliphatic hydroxyl groups is 11. The second-order valence-electron chi connectivity index (χ2n) is 6.47. The summed E-state index contributed by atoms with van der Waals surface area (Å²) >= 11 is 0. The van der Waals surface area contributed by atoms with E-state index in [4.69, 9.17) is 35.7 Å². The van der Waals surface area contributed by atoms with Crippen LogP contribution >= 0.6 is 0 Å². The molecule has 0 aliphatic carbocycles. The summed E-state index contributed by atoms with van der Waals surface area (Å²) < 4.78 is 0. The van der Waals surface area contributed by atoms with Crippen LogP contribution in [0.15, 0.2) is 36.1 Å². The Hall–Kier alpha value is -1.97. The Balaban J connectivity index is 0.000000649. The van der Waals surface area contributed by atoms with E-state index in [1.807, 2.05) is 0 Å². The molecule has 178 valence electrons. The van der Waals surface area contributed by atoms with Crippen LogP contribution in [0.2, 0.25) is 0 Å². The van der Waals surface area contributed by atoms with Crippen molar-refractivity contribution in [1.29, 1.82) is 0 Å². The van der Waals surface area contributed by atoms with Crippen molar-refractivity contribution in [2.75, 3.05) is 19.8 Å². The van der Waals surface area contributed by atoms with Gasteiger partial charge in [-0.25, -0.2) is 0 Å². The van der Waals surface area contributed by atoms with E-state index >= 15 is 0 Å². The average molecular weight is 450 g/mol. The van der Waals surface area contributed by atoms with Crippen molar-refractivity contribution >= 4 is 11.9 Å². The lowest BCUT2D eigenvalue weighted by Crippen LogP contribution is -2.46. The first-order chi connectivity index (χ1) is 14.5. The Morgan fingerprint density at radius 1 is 0.742 bits per heavy atom. The van der Waals surface area contributed by atoms with Gasteiger partial charge >= 0.3 is 0 Å². The summed E-state index contributed by atoms with van der Waals surface area (Å²) in [4.78, 5) is 10.5. The summed E-state index contributed by atoms with van der Waals surface area (Å²) in [5.74, 6) is -1.56. The molecule has 7 unspecified atom stereocenters. The van der Waals surface area contributed by atoms with Gasteiger partial charge in [-0.2, -0.15) is 0 Å². The number of carbonyl (C=O) groups excluding carboxylic acids is 1. The van der Waals surface area contributed by atoms with Gasteiger partial charge in [-0.15, -0.1) is 0 Å². The van der Waals surface area contributed by atoms with E-state index in [1.54, 1.807) is 30.3 Å². The number of hydrogen-bond donors (Lipinski definition) is 11. The van der Waals surface area contributed by atoms with Crippen molar-refractivity contribution < 1.29 is 61.0 Å². The molecule has 1 aromatic rings. The number of hydrogen-bond acceptors (Lipinski definition) is 12. The van der Waals surface area contributed by atoms with Gasteiger partial charge in [0.05, 0.1) is 13.2 Å². The van der Waals surface area contributed by atoms with Gasteiger partial charge in [0.15, 0.2) is 5.78 Å². The monoisotopic (exact) mass is 450 g/mol. The molecule has 0 aliphatic heterocycles. The van der Waals surface area contributed by atoms with Gasteiger partial charge in [-0.3, -0.25) is 4.79 Å². The Morgan fingerprint density at radius 2 is 1.23 bits per heavy atom. The predicted octanol–water partition coefficient (Wildman–Crippen LogP) is -4.36. The summed E-state index contributed by atoms with van der Waals surface area (Å²) in [5, 5.41) is 99.1. The molecule has 12 heteroatoms. The van der Waals surface area contributed by atoms with Crippen LogP contribution in [-0.4, -0.2) is 125 Å². The fraction of sp³-hybridized carbons (Fsp3) is 0.526. The van der Waals surface area contributed by atoms with E-state index < -0.39 is 74.1 Å². The molecule has 31 heavy (non-hydrogen) atoms. The number of ketones is 1. The smallest absolute Gasteiger partial charge is 0.189 e. The maximum atomic E-state index is 10.5. The van der Waals surface area contributed by atoms with Crippen LogP contribution in [0.1, 0.15) is 5.56 Å². The van der Waals surface area contributed by atoms with Crippen molar-refractivity contribution in [3.8, 4) is 0 Å². The van der Waals surface area contributed by atoms with Crippen LogP contribution < -0.4 is 0 Å². The molecule has 0 radical (unpaired) electrons. The Bertz CT molecular complexity index is 653. The summed E-state index contributed by atoms with van der Waals surface area (Å²) in [6.45, 7) is -2.46. The third-order valence-electron chi connectivity index (χ3n) is 4.06. The first kappa shape index (κ1) is 29.0. The lowest BCUT2D eigenvalue weighted by atomic mass is 10.0. The summed E-state index contributed by atoms with van der Waals surface area (Å²) in [7, 11) is 0. The third-order valence-corrected chi connectivity index (χ3v) is 4.06. The number of benzene rings is 1. The number of aliphatic hydroxyl groups excluding tert-OH is 11. The maximum Gasteiger partial charge on any atom is 0.189 e. The van der Waals surface area contributed by atoms with Gasteiger partial charge in [0.2, 0.25) is 0 Å². The fourth-order valence-electron chi connectivity index (χ4n) is 2.11. The Kier molecular flexibility index (Phi) is 14.0. The highest BCUT2D eigenvalue weighted by Crippen LogP contribution is 2.14. The van der Waals surface area contributed by atoms with Crippen LogP contribution in [0.5, 0.6) is 0 Å². The van der Waals surface area contributed by atoms with Crippen molar-refractivity contribution in [3.05, 3.63) is 41.7 Å². The Morgan fingerprint density at radius 3 is 1.68 bits per heavy atom. The molecule has 0 aliphatic rings. The lowest BCUT2D eigenvalue weighted by molar-refractivity contribution is -0.142. The lowest BCUT2D eigenvalue weighted by Gasteiger charge is -2.25. The fourth-order valence-corrected chi connectivity index (χ4v) is 2.11. The molecule has 0 spiro atoms. The molecule has 12 nitrogen and oxygen atoms in total. The molecule has 0 amide bonds. The second-order valence-corrected chi connectivity index (χ2v) is 6.47. The van der Waals surface area contributed by atoms with Gasteiger partial charge in [0, 0.05) is 0 Å². The zero-order valence-corrected chi connectivity index (χ0v) is 16.5. The molecular formula is C19H30O12. The van der Waals surface area contributed by atoms with Crippen LogP contribution in [0.25, 0.3) is 6.08 Å². The molecule has 0 bridgehead atoms. The van der Waals surface area contributed by atoms with Crippen LogP contribution in [0, 0.1) is 0 Å². The highest BCUT2D eigenvalue weighted by atomic mass is 16.4. The molecule has 0 heterocycles. The maximum absolute atomic E-state index is 10.5. The van der Waals surface area contributed by atoms with E-state index in [0.29, 0.717) is 5.56 Å². The van der Waals surface area contributed by atoms with Crippen LogP contribution in [0.3, 0.4) is 0 Å². The summed E-state index contributed by atoms with van der Waals surface area (Å²) in [6, 6.07) is 8.59. The first-order valence-electron chi connectivity index (χ1n) is 9.09. The number of Topliss-reactive ketones (excluding diaryl/α,β-unsaturated/α-hetero) is 1. The SMILES string of the molecule is O=C(CO)C(O)C(O)C(O)CO.OCC(O)C(O)C(O)C(O)C(O)=Cc1ccccc1. The normalized spacial score (nSPS) is 18.6. The molecule has 0 saturated heterocycles. The van der Waals surface area contributed by atoms with Gasteiger partial charge in [-0.1, -0.05) is 30.3 Å². The van der Waals surface area contributed by atoms with E-state index in [0.717, 1.165) is 0 Å². The number of carbonyl (C=O) groups is 1. The molecule has 7 atom stereocenters. The minimum atomic E-state index is -1.86. The minimum Gasteiger partial charge on any atom is -0.509 e. The van der Waals surface area contributed by atoms with E-state index in [9.17, 15) is 25.2 Å². The third kappa shape index (κ3) is 9.80. The quantitative estimate of drug-likeness (QED) is 0.143. The molecule has 0 aromatic heterocycles. The number of rotatable bonds is 11. The van der Waals surface area contributed by atoms with E-state index in [2.05, 4.69) is 0 Å². The Labute approximate surface area is 177 Å². The average Bonchev–Trinajstić information content (AvgIpc) is 2.80. The topological polar surface area (TPSA) is 240 Å². The van der Waals surface area contributed by atoms with Crippen LogP contribution in [0.4, 0.5) is 0 Å². The van der Waals surface area contributed by atoms with Crippen molar-refractivity contribution in [1.82, 2.24) is 0 Å². The summed E-state index contributed by atoms with van der Waals surface area (Å²) in [6.07, 6.45) is -11.0. The van der Waals surface area contributed by atoms with Gasteiger partial charge in [0.1, 0.15) is 55.1 Å². The predicted molar refractivity (Wildman–Crippen MR) is 105 cm³/mol. The van der Waals surface area contributed by atoms with Crippen molar-refractivity contribution in [2.24, 2.45) is 0 Å². The summed E-state index contributed by atoms with van der Waals surface area (Å²) in [5.41, 5.74) is 0.600. The molecule has 11 N–H and O–H groups in total. The van der Waals surface area contributed by atoms with Gasteiger partial charge in [-0.05, 0) is 11.6 Å². The highest BCUT2D eigenvalue weighted by molar-refractivity contribution is 5.84. The van der Waals surface area contributed by atoms with E-state index in [-0.39, 0.29) is 0 Å². The van der Waals surface area contributed by atoms with Crippen molar-refractivity contribution in [3.63, 3.8) is 0 Å². The molecule has 1 rings (SSSR count). The van der Waals surface area contributed by atoms with Crippen LogP contribution in [-0.2, 0) is 4.79 Å². The standard InChI is InChI=1S/C13H18O6.C6H12O6/c14-7-10(16)12(18)13(19)11(17)9(15)6-8-4-2-1-3-5-8;7-1-3(9)5(11)6(12)4(10)2-8/h1-6,10-19H,7H2;3,5-9,11-12H,1-2H2. The van der Waals surface area contributed by atoms with Gasteiger partial charge in [0.25, 0.3) is 0 Å². The largest absolute Gasteiger partial charge is 0.509 e. The molecule has 0 saturated carbocycles. The van der Waals surface area contributed by atoms with E-state index in [1.165, 1.54) is 6.08 Å². The highest BCUT2D eigenvalue weighted by Gasteiger charge is 2.32. The molecule has 1 aromatic carbocycles. The van der Waals surface area contributed by atoms with Crippen molar-refractivity contribution in [2.45, 2.75) is 42.7 Å². The van der Waals surface area contributed by atoms with Gasteiger partial charge < -0.3 is 56.2 Å². The second kappa shape index (κ2) is 14.9. The minimum absolute atomic E-state index is 0.553. The zero-order valence-electron chi connectivity index (χ0n) is 16.5. The zero-order chi connectivity index (χ0) is 24.1. The molecular weight excluding hydrogens is 420 g/mol. The first-order valence-corrected chi connectivity index (χ1v) is 9.09. The molecule has 0 fully saturated rings.